The average molecular weight is 357 g/mol. The lowest BCUT2D eigenvalue weighted by Gasteiger charge is -2.28. The van der Waals surface area contributed by atoms with Gasteiger partial charge in [-0.1, -0.05) is 48.7 Å². The third kappa shape index (κ3) is 4.49. The number of ether oxygens (including phenoxy) is 1. The van der Waals surface area contributed by atoms with Crippen molar-refractivity contribution in [2.75, 3.05) is 0 Å². The molecule has 3 rings (SSSR count). The van der Waals surface area contributed by atoms with Gasteiger partial charge in [0.25, 0.3) is 0 Å². The van der Waals surface area contributed by atoms with E-state index >= 15 is 0 Å². The first-order valence-electron chi connectivity index (χ1n) is 8.86. The zero-order chi connectivity index (χ0) is 17.9. The largest absolute Gasteiger partial charge is 0.429 e. The SMILES string of the molecule is Cc1ccc(OC(F)(F)c2ccc(C3CCC(C[Si])CC3)cc2)cc1. The highest BCUT2D eigenvalue weighted by atomic mass is 28.1. The van der Waals surface area contributed by atoms with Crippen molar-refractivity contribution in [2.24, 2.45) is 5.92 Å². The molecule has 1 aliphatic rings. The third-order valence-corrected chi connectivity index (χ3v) is 5.70. The minimum absolute atomic E-state index is 0.106. The van der Waals surface area contributed by atoms with E-state index in [2.05, 4.69) is 10.2 Å². The van der Waals surface area contributed by atoms with E-state index < -0.39 is 6.11 Å². The molecular weight excluding hydrogens is 334 g/mol. The second kappa shape index (κ2) is 7.69. The molecule has 0 unspecified atom stereocenters. The minimum atomic E-state index is -3.33. The Labute approximate surface area is 151 Å². The number of hydrogen-bond acceptors (Lipinski definition) is 1. The standard InChI is InChI=1S/C21H23F2OSi/c1-15-2-12-20(13-3-15)24-21(22,23)19-10-8-18(9-11-19)17-6-4-16(14-25)5-7-17/h2-3,8-13,16-17H,4-7,14H2,1H3. The maximum atomic E-state index is 14.4. The van der Waals surface area contributed by atoms with E-state index in [1.165, 1.54) is 25.0 Å². The van der Waals surface area contributed by atoms with Crippen LogP contribution in [0.15, 0.2) is 48.5 Å². The molecule has 2 aromatic carbocycles. The molecule has 131 valence electrons. The van der Waals surface area contributed by atoms with Crippen LogP contribution in [0, 0.1) is 12.8 Å². The molecule has 0 N–H and O–H groups in total. The number of alkyl halides is 2. The van der Waals surface area contributed by atoms with Crippen molar-refractivity contribution in [1.29, 1.82) is 0 Å². The van der Waals surface area contributed by atoms with Crippen LogP contribution in [0.3, 0.4) is 0 Å². The van der Waals surface area contributed by atoms with Gasteiger partial charge in [-0.15, -0.1) is 0 Å². The molecule has 0 heterocycles. The lowest BCUT2D eigenvalue weighted by atomic mass is 9.79. The second-order valence-electron chi connectivity index (χ2n) is 6.98. The van der Waals surface area contributed by atoms with Gasteiger partial charge in [0.05, 0.1) is 5.56 Å². The summed E-state index contributed by atoms with van der Waals surface area (Å²) in [5.74, 6) is 1.40. The van der Waals surface area contributed by atoms with Gasteiger partial charge in [0, 0.05) is 10.2 Å². The molecule has 0 spiro atoms. The van der Waals surface area contributed by atoms with Crippen LogP contribution in [0.5, 0.6) is 5.75 Å². The normalized spacial score (nSPS) is 21.1. The van der Waals surface area contributed by atoms with Crippen LogP contribution in [0.2, 0.25) is 6.04 Å². The molecule has 0 aliphatic heterocycles. The van der Waals surface area contributed by atoms with Crippen molar-refractivity contribution < 1.29 is 13.5 Å². The van der Waals surface area contributed by atoms with Gasteiger partial charge in [0.15, 0.2) is 0 Å². The summed E-state index contributed by atoms with van der Waals surface area (Å²) >= 11 is 0. The molecule has 3 radical (unpaired) electrons. The molecule has 0 bridgehead atoms. The highest BCUT2D eigenvalue weighted by molar-refractivity contribution is 6.08. The maximum Gasteiger partial charge on any atom is 0.426 e. The Morgan fingerprint density at radius 3 is 2.12 bits per heavy atom. The van der Waals surface area contributed by atoms with Crippen LogP contribution in [0.4, 0.5) is 8.78 Å². The smallest absolute Gasteiger partial charge is 0.426 e. The Morgan fingerprint density at radius 2 is 1.56 bits per heavy atom. The molecule has 1 aliphatic carbocycles. The maximum absolute atomic E-state index is 14.4. The van der Waals surface area contributed by atoms with Gasteiger partial charge >= 0.3 is 6.11 Å². The highest BCUT2D eigenvalue weighted by Gasteiger charge is 2.34. The monoisotopic (exact) mass is 357 g/mol. The zero-order valence-electron chi connectivity index (χ0n) is 14.5. The van der Waals surface area contributed by atoms with E-state index in [0.29, 0.717) is 5.92 Å². The van der Waals surface area contributed by atoms with E-state index in [-0.39, 0.29) is 11.3 Å². The molecule has 4 heteroatoms. The van der Waals surface area contributed by atoms with Gasteiger partial charge in [-0.3, -0.25) is 0 Å². The van der Waals surface area contributed by atoms with Gasteiger partial charge in [0.2, 0.25) is 0 Å². The average Bonchev–Trinajstić information content (AvgIpc) is 2.64. The number of halogens is 2. The molecule has 1 saturated carbocycles. The summed E-state index contributed by atoms with van der Waals surface area (Å²) in [5, 5.41) is 0. The summed E-state index contributed by atoms with van der Waals surface area (Å²) in [5.41, 5.74) is 2.06. The Hall–Kier alpha value is -1.68. The van der Waals surface area contributed by atoms with Crippen LogP contribution >= 0.6 is 0 Å². The van der Waals surface area contributed by atoms with Crippen LogP contribution in [0.25, 0.3) is 0 Å². The van der Waals surface area contributed by atoms with Crippen LogP contribution < -0.4 is 4.74 Å². The predicted molar refractivity (Wildman–Crippen MR) is 97.4 cm³/mol. The van der Waals surface area contributed by atoms with Crippen molar-refractivity contribution in [3.63, 3.8) is 0 Å². The Kier molecular flexibility index (Phi) is 5.57. The first kappa shape index (κ1) is 18.1. The summed E-state index contributed by atoms with van der Waals surface area (Å²) in [6, 6.07) is 14.4. The highest BCUT2D eigenvalue weighted by Crippen LogP contribution is 2.38. The molecule has 0 atom stereocenters. The zero-order valence-corrected chi connectivity index (χ0v) is 15.5. The predicted octanol–water partition coefficient (Wildman–Crippen LogP) is 5.98. The number of aryl methyl sites for hydroxylation is 1. The van der Waals surface area contributed by atoms with Crippen molar-refractivity contribution >= 4 is 10.2 Å². The van der Waals surface area contributed by atoms with Gasteiger partial charge in [-0.2, -0.15) is 8.78 Å². The van der Waals surface area contributed by atoms with Crippen molar-refractivity contribution in [2.45, 2.75) is 50.7 Å². The van der Waals surface area contributed by atoms with Crippen LogP contribution in [0.1, 0.15) is 48.3 Å². The first-order chi connectivity index (χ1) is 12.0. The van der Waals surface area contributed by atoms with Gasteiger partial charge in [-0.25, -0.2) is 0 Å². The number of benzene rings is 2. The van der Waals surface area contributed by atoms with Crippen molar-refractivity contribution in [1.82, 2.24) is 0 Å². The molecule has 0 aromatic heterocycles. The van der Waals surface area contributed by atoms with Crippen LogP contribution in [-0.2, 0) is 6.11 Å². The summed E-state index contributed by atoms with van der Waals surface area (Å²) in [4.78, 5) is 0. The molecule has 25 heavy (non-hydrogen) atoms. The van der Waals surface area contributed by atoms with Crippen molar-refractivity contribution in [3.05, 3.63) is 65.2 Å². The molecular formula is C21H23F2OSi. The fraction of sp³-hybridized carbons (Fsp3) is 0.429. The number of hydrogen-bond donors (Lipinski definition) is 0. The Morgan fingerprint density at radius 1 is 0.960 bits per heavy atom. The molecule has 2 aromatic rings. The second-order valence-corrected chi connectivity index (χ2v) is 7.38. The van der Waals surface area contributed by atoms with E-state index in [1.807, 2.05) is 19.1 Å². The molecule has 1 nitrogen and oxygen atoms in total. The fourth-order valence-corrected chi connectivity index (χ4v) is 3.87. The van der Waals surface area contributed by atoms with Gasteiger partial charge < -0.3 is 4.74 Å². The van der Waals surface area contributed by atoms with Gasteiger partial charge in [0.1, 0.15) is 5.75 Å². The Bertz CT molecular complexity index is 674. The van der Waals surface area contributed by atoms with E-state index in [9.17, 15) is 8.78 Å². The summed E-state index contributed by atoms with van der Waals surface area (Å²) < 4.78 is 33.7. The fourth-order valence-electron chi connectivity index (χ4n) is 3.46. The van der Waals surface area contributed by atoms with E-state index in [0.717, 1.165) is 35.9 Å². The van der Waals surface area contributed by atoms with Gasteiger partial charge in [-0.05, 0) is 61.4 Å². The lowest BCUT2D eigenvalue weighted by molar-refractivity contribution is -0.185. The minimum Gasteiger partial charge on any atom is -0.429 e. The molecule has 0 saturated heterocycles. The Balaban J connectivity index is 1.67. The lowest BCUT2D eigenvalue weighted by Crippen LogP contribution is -2.22. The molecule has 0 amide bonds. The summed E-state index contributed by atoms with van der Waals surface area (Å²) in [7, 11) is 3.60. The number of rotatable bonds is 5. The quantitative estimate of drug-likeness (QED) is 0.598. The summed E-state index contributed by atoms with van der Waals surface area (Å²) in [6.45, 7) is 1.91. The summed E-state index contributed by atoms with van der Waals surface area (Å²) in [6.07, 6.45) is 1.32. The molecule has 1 fully saturated rings. The first-order valence-corrected chi connectivity index (χ1v) is 9.57. The van der Waals surface area contributed by atoms with E-state index in [4.69, 9.17) is 4.74 Å². The topological polar surface area (TPSA) is 9.23 Å². The third-order valence-electron chi connectivity index (χ3n) is 5.12. The van der Waals surface area contributed by atoms with Crippen LogP contribution in [-0.4, -0.2) is 10.2 Å². The van der Waals surface area contributed by atoms with E-state index in [1.54, 1.807) is 24.3 Å². The van der Waals surface area contributed by atoms with Crippen molar-refractivity contribution in [3.8, 4) is 5.75 Å².